The summed E-state index contributed by atoms with van der Waals surface area (Å²) in [6.07, 6.45) is 1.05. The summed E-state index contributed by atoms with van der Waals surface area (Å²) < 4.78 is 26.9. The Bertz CT molecular complexity index is 870. The van der Waals surface area contributed by atoms with Crippen molar-refractivity contribution >= 4 is 27.4 Å². The number of benzene rings is 2. The number of halogens is 1. The van der Waals surface area contributed by atoms with Crippen molar-refractivity contribution in [3.63, 3.8) is 0 Å². The zero-order valence-corrected chi connectivity index (χ0v) is 15.6. The SMILES string of the molecule is Cc1ccc(C(=O)C2CCN(S(=O)(=O)c3ccccc3Cl)CC2)cc1. The monoisotopic (exact) mass is 377 g/mol. The van der Waals surface area contributed by atoms with Gasteiger partial charge in [-0.2, -0.15) is 4.31 Å². The maximum Gasteiger partial charge on any atom is 0.244 e. The molecule has 1 aliphatic rings. The number of carbonyl (C=O) groups is 1. The predicted octanol–water partition coefficient (Wildman–Crippen LogP) is 3.93. The van der Waals surface area contributed by atoms with Crippen LogP contribution in [-0.4, -0.2) is 31.6 Å². The zero-order valence-electron chi connectivity index (χ0n) is 14.0. The van der Waals surface area contributed by atoms with E-state index in [1.807, 2.05) is 31.2 Å². The van der Waals surface area contributed by atoms with Gasteiger partial charge < -0.3 is 0 Å². The van der Waals surface area contributed by atoms with Crippen LogP contribution in [0.25, 0.3) is 0 Å². The third kappa shape index (κ3) is 3.78. The Labute approximate surface area is 153 Å². The largest absolute Gasteiger partial charge is 0.294 e. The van der Waals surface area contributed by atoms with E-state index >= 15 is 0 Å². The van der Waals surface area contributed by atoms with Crippen molar-refractivity contribution < 1.29 is 13.2 Å². The van der Waals surface area contributed by atoms with Crippen LogP contribution in [-0.2, 0) is 10.0 Å². The number of aryl methyl sites for hydroxylation is 1. The number of hydrogen-bond acceptors (Lipinski definition) is 3. The molecule has 4 nitrogen and oxygen atoms in total. The van der Waals surface area contributed by atoms with Gasteiger partial charge in [0.15, 0.2) is 5.78 Å². The van der Waals surface area contributed by atoms with E-state index < -0.39 is 10.0 Å². The molecule has 2 aromatic carbocycles. The summed E-state index contributed by atoms with van der Waals surface area (Å²) >= 11 is 6.04. The lowest BCUT2D eigenvalue weighted by atomic mass is 9.89. The van der Waals surface area contributed by atoms with Gasteiger partial charge in [-0.1, -0.05) is 53.6 Å². The van der Waals surface area contributed by atoms with Crippen LogP contribution < -0.4 is 0 Å². The fraction of sp³-hybridized carbons (Fsp3) is 0.316. The quantitative estimate of drug-likeness (QED) is 0.758. The van der Waals surface area contributed by atoms with Gasteiger partial charge in [-0.3, -0.25) is 4.79 Å². The highest BCUT2D eigenvalue weighted by molar-refractivity contribution is 7.89. The van der Waals surface area contributed by atoms with Crippen LogP contribution in [0.1, 0.15) is 28.8 Å². The summed E-state index contributed by atoms with van der Waals surface area (Å²) in [5.41, 5.74) is 1.80. The molecule has 0 saturated carbocycles. The van der Waals surface area contributed by atoms with Crippen molar-refractivity contribution in [2.24, 2.45) is 5.92 Å². The van der Waals surface area contributed by atoms with Crippen molar-refractivity contribution in [2.75, 3.05) is 13.1 Å². The molecule has 0 aliphatic carbocycles. The molecule has 132 valence electrons. The summed E-state index contributed by atoms with van der Waals surface area (Å²) in [6, 6.07) is 14.0. The molecule has 3 rings (SSSR count). The van der Waals surface area contributed by atoms with E-state index in [0.29, 0.717) is 31.5 Å². The number of carbonyl (C=O) groups excluding carboxylic acids is 1. The van der Waals surface area contributed by atoms with Gasteiger partial charge in [0.25, 0.3) is 0 Å². The van der Waals surface area contributed by atoms with Crippen molar-refractivity contribution in [3.8, 4) is 0 Å². The summed E-state index contributed by atoms with van der Waals surface area (Å²) in [5.74, 6) is -0.0461. The first kappa shape index (κ1) is 18.1. The molecule has 0 N–H and O–H groups in total. The van der Waals surface area contributed by atoms with Gasteiger partial charge in [0.2, 0.25) is 10.0 Å². The molecule has 6 heteroatoms. The molecule has 0 radical (unpaired) electrons. The molecule has 0 unspecified atom stereocenters. The van der Waals surface area contributed by atoms with Crippen LogP contribution in [0.2, 0.25) is 5.02 Å². The van der Waals surface area contributed by atoms with E-state index in [4.69, 9.17) is 11.6 Å². The lowest BCUT2D eigenvalue weighted by Crippen LogP contribution is -2.40. The number of piperidine rings is 1. The van der Waals surface area contributed by atoms with Gasteiger partial charge in [0.1, 0.15) is 4.90 Å². The summed E-state index contributed by atoms with van der Waals surface area (Å²) in [4.78, 5) is 12.7. The molecule has 2 aromatic rings. The van der Waals surface area contributed by atoms with Crippen molar-refractivity contribution in [2.45, 2.75) is 24.7 Å². The van der Waals surface area contributed by atoms with Gasteiger partial charge in [-0.25, -0.2) is 8.42 Å². The Balaban J connectivity index is 1.70. The summed E-state index contributed by atoms with van der Waals surface area (Å²) in [6.45, 7) is 2.64. The summed E-state index contributed by atoms with van der Waals surface area (Å²) in [7, 11) is -3.62. The lowest BCUT2D eigenvalue weighted by Gasteiger charge is -2.30. The third-order valence-corrected chi connectivity index (χ3v) is 7.01. The molecular formula is C19H20ClNO3S. The zero-order chi connectivity index (χ0) is 18.0. The molecule has 1 aliphatic heterocycles. The van der Waals surface area contributed by atoms with E-state index in [0.717, 1.165) is 5.56 Å². The second-order valence-corrected chi connectivity index (χ2v) is 8.65. The topological polar surface area (TPSA) is 54.5 Å². The Kier molecular flexibility index (Phi) is 5.27. The number of nitrogens with zero attached hydrogens (tertiary/aromatic N) is 1. The molecular weight excluding hydrogens is 358 g/mol. The van der Waals surface area contributed by atoms with E-state index in [9.17, 15) is 13.2 Å². The minimum Gasteiger partial charge on any atom is -0.294 e. The minimum absolute atomic E-state index is 0.0924. The molecule has 1 heterocycles. The molecule has 0 bridgehead atoms. The first-order valence-corrected chi connectivity index (χ1v) is 10.1. The van der Waals surface area contributed by atoms with E-state index in [-0.39, 0.29) is 21.6 Å². The standard InChI is InChI=1S/C19H20ClNO3S/c1-14-6-8-15(9-7-14)19(22)16-10-12-21(13-11-16)25(23,24)18-5-3-2-4-17(18)20/h2-9,16H,10-13H2,1H3. The van der Waals surface area contributed by atoms with Gasteiger partial charge in [0.05, 0.1) is 5.02 Å². The molecule has 0 spiro atoms. The number of ketones is 1. The average Bonchev–Trinajstić information content (AvgIpc) is 2.62. The van der Waals surface area contributed by atoms with Crippen LogP contribution >= 0.6 is 11.6 Å². The third-order valence-electron chi connectivity index (χ3n) is 4.62. The Morgan fingerprint density at radius 2 is 1.64 bits per heavy atom. The Hall–Kier alpha value is -1.69. The molecule has 0 aromatic heterocycles. The Morgan fingerprint density at radius 3 is 2.24 bits per heavy atom. The smallest absolute Gasteiger partial charge is 0.244 e. The normalized spacial score (nSPS) is 16.7. The number of rotatable bonds is 4. The van der Waals surface area contributed by atoms with Crippen LogP contribution in [0.3, 0.4) is 0 Å². The van der Waals surface area contributed by atoms with E-state index in [1.54, 1.807) is 18.2 Å². The molecule has 1 saturated heterocycles. The fourth-order valence-corrected chi connectivity index (χ4v) is 5.07. The number of Topliss-reactive ketones (excluding diaryl/α,β-unsaturated/α-hetero) is 1. The average molecular weight is 378 g/mol. The predicted molar refractivity (Wildman–Crippen MR) is 98.4 cm³/mol. The Morgan fingerprint density at radius 1 is 1.04 bits per heavy atom. The van der Waals surface area contributed by atoms with E-state index in [1.165, 1.54) is 10.4 Å². The van der Waals surface area contributed by atoms with Gasteiger partial charge >= 0.3 is 0 Å². The first-order valence-electron chi connectivity index (χ1n) is 8.25. The second-order valence-electron chi connectivity index (χ2n) is 6.34. The molecule has 25 heavy (non-hydrogen) atoms. The minimum atomic E-state index is -3.62. The van der Waals surface area contributed by atoms with Gasteiger partial charge in [-0.05, 0) is 31.9 Å². The maximum atomic E-state index is 12.7. The highest BCUT2D eigenvalue weighted by Gasteiger charge is 2.33. The number of hydrogen-bond donors (Lipinski definition) is 0. The lowest BCUT2D eigenvalue weighted by molar-refractivity contribution is 0.0875. The van der Waals surface area contributed by atoms with Crippen LogP contribution in [0, 0.1) is 12.8 Å². The first-order chi connectivity index (χ1) is 11.9. The van der Waals surface area contributed by atoms with Gasteiger partial charge in [0, 0.05) is 24.6 Å². The molecule has 1 fully saturated rings. The number of sulfonamides is 1. The van der Waals surface area contributed by atoms with E-state index in [2.05, 4.69) is 0 Å². The van der Waals surface area contributed by atoms with Crippen molar-refractivity contribution in [1.29, 1.82) is 0 Å². The maximum absolute atomic E-state index is 12.7. The van der Waals surface area contributed by atoms with Crippen LogP contribution in [0.5, 0.6) is 0 Å². The van der Waals surface area contributed by atoms with Crippen LogP contribution in [0.4, 0.5) is 0 Å². The molecule has 0 atom stereocenters. The highest BCUT2D eigenvalue weighted by Crippen LogP contribution is 2.29. The van der Waals surface area contributed by atoms with Crippen LogP contribution in [0.15, 0.2) is 53.4 Å². The molecule has 0 amide bonds. The van der Waals surface area contributed by atoms with Crippen molar-refractivity contribution in [3.05, 3.63) is 64.7 Å². The second kappa shape index (κ2) is 7.28. The highest BCUT2D eigenvalue weighted by atomic mass is 35.5. The summed E-state index contributed by atoms with van der Waals surface area (Å²) in [5, 5.41) is 0.223. The fourth-order valence-electron chi connectivity index (χ4n) is 3.10. The van der Waals surface area contributed by atoms with Crippen molar-refractivity contribution in [1.82, 2.24) is 4.31 Å². The van der Waals surface area contributed by atoms with Gasteiger partial charge in [-0.15, -0.1) is 0 Å².